The van der Waals surface area contributed by atoms with E-state index < -0.39 is 28.5 Å². The number of carbonyl (C=O) groups is 2. The van der Waals surface area contributed by atoms with E-state index in [4.69, 9.17) is 23.2 Å². The van der Waals surface area contributed by atoms with Crippen LogP contribution in [0.25, 0.3) is 0 Å². The van der Waals surface area contributed by atoms with Gasteiger partial charge in [-0.25, -0.2) is 8.42 Å². The Hall–Kier alpha value is -2.59. The number of carbonyl (C=O) groups excluding carboxylic acids is 2. The van der Waals surface area contributed by atoms with Crippen molar-refractivity contribution in [3.8, 4) is 0 Å². The summed E-state index contributed by atoms with van der Waals surface area (Å²) in [7, 11) is -3.95. The highest BCUT2D eigenvalue weighted by molar-refractivity contribution is 9.10. The molecule has 0 saturated heterocycles. The molecule has 0 bridgehead atoms. The summed E-state index contributed by atoms with van der Waals surface area (Å²) < 4.78 is 27.6. The van der Waals surface area contributed by atoms with E-state index in [2.05, 4.69) is 21.2 Å². The standard InChI is InChI=1S/C29H32BrCl2N3O4S/c1-20(2)17-33-29(37)26(16-21-8-5-4-6-9-21)34(18-22-12-14-23(30)15-13-22)27(36)19-35(40(3,38)39)25-11-7-10-24(31)28(25)32/h4-15,20,26H,16-19H2,1-3H3,(H,33,37)/t26-/m0/s1. The molecule has 1 N–H and O–H groups in total. The van der Waals surface area contributed by atoms with Crippen molar-refractivity contribution in [1.29, 1.82) is 0 Å². The maximum Gasteiger partial charge on any atom is 0.244 e. The van der Waals surface area contributed by atoms with Gasteiger partial charge in [0.05, 0.1) is 22.0 Å². The van der Waals surface area contributed by atoms with Gasteiger partial charge in [0.25, 0.3) is 0 Å². The van der Waals surface area contributed by atoms with Crippen LogP contribution in [0.4, 0.5) is 5.69 Å². The highest BCUT2D eigenvalue weighted by atomic mass is 79.9. The number of halogens is 3. The van der Waals surface area contributed by atoms with E-state index in [1.54, 1.807) is 6.07 Å². The van der Waals surface area contributed by atoms with E-state index >= 15 is 0 Å². The normalized spacial score (nSPS) is 12.2. The van der Waals surface area contributed by atoms with Crippen LogP contribution in [0.1, 0.15) is 25.0 Å². The summed E-state index contributed by atoms with van der Waals surface area (Å²) in [6.07, 6.45) is 1.23. The highest BCUT2D eigenvalue weighted by Crippen LogP contribution is 2.34. The SMILES string of the molecule is CC(C)CNC(=O)[C@H](Cc1ccccc1)N(Cc1ccc(Br)cc1)C(=O)CN(c1cccc(Cl)c1Cl)S(C)(=O)=O. The van der Waals surface area contributed by atoms with E-state index in [-0.39, 0.29) is 40.5 Å². The highest BCUT2D eigenvalue weighted by Gasteiger charge is 2.33. The molecule has 7 nitrogen and oxygen atoms in total. The number of hydrogen-bond acceptors (Lipinski definition) is 4. The summed E-state index contributed by atoms with van der Waals surface area (Å²) in [4.78, 5) is 29.1. The van der Waals surface area contributed by atoms with Crippen LogP contribution in [0, 0.1) is 5.92 Å². The molecule has 3 rings (SSSR count). The van der Waals surface area contributed by atoms with Gasteiger partial charge in [0.2, 0.25) is 21.8 Å². The van der Waals surface area contributed by atoms with Gasteiger partial charge in [-0.2, -0.15) is 0 Å². The molecule has 0 aliphatic rings. The third kappa shape index (κ3) is 8.96. The third-order valence-corrected chi connectivity index (χ3v) is 8.56. The van der Waals surface area contributed by atoms with Gasteiger partial charge in [0.1, 0.15) is 12.6 Å². The molecule has 0 radical (unpaired) electrons. The van der Waals surface area contributed by atoms with Gasteiger partial charge < -0.3 is 10.2 Å². The van der Waals surface area contributed by atoms with Crippen molar-refractivity contribution in [2.75, 3.05) is 23.7 Å². The second-order valence-electron chi connectivity index (χ2n) is 9.84. The van der Waals surface area contributed by atoms with Crippen molar-refractivity contribution in [3.63, 3.8) is 0 Å². The van der Waals surface area contributed by atoms with Gasteiger partial charge in [0, 0.05) is 24.0 Å². The Balaban J connectivity index is 2.07. The Morgan fingerprint density at radius 1 is 0.925 bits per heavy atom. The first-order chi connectivity index (χ1) is 18.9. The van der Waals surface area contributed by atoms with Crippen LogP contribution in [-0.2, 0) is 32.6 Å². The fourth-order valence-electron chi connectivity index (χ4n) is 4.04. The molecule has 0 heterocycles. The number of hydrogen-bond donors (Lipinski definition) is 1. The predicted molar refractivity (Wildman–Crippen MR) is 165 cm³/mol. The van der Waals surface area contributed by atoms with Crippen molar-refractivity contribution in [2.24, 2.45) is 5.92 Å². The molecule has 11 heteroatoms. The number of rotatable bonds is 12. The molecule has 0 aromatic heterocycles. The van der Waals surface area contributed by atoms with Gasteiger partial charge in [0.15, 0.2) is 0 Å². The molecule has 0 aliphatic carbocycles. The third-order valence-electron chi connectivity index (χ3n) is 6.10. The number of benzene rings is 3. The van der Waals surface area contributed by atoms with Crippen LogP contribution >= 0.6 is 39.1 Å². The molecule has 1 atom stereocenters. The van der Waals surface area contributed by atoms with Crippen LogP contribution in [0.15, 0.2) is 77.3 Å². The molecule has 0 aliphatic heterocycles. The minimum Gasteiger partial charge on any atom is -0.354 e. The lowest BCUT2D eigenvalue weighted by Crippen LogP contribution is -2.53. The quantitative estimate of drug-likeness (QED) is 0.259. The Labute approximate surface area is 254 Å². The first-order valence-electron chi connectivity index (χ1n) is 12.6. The molecule has 0 fully saturated rings. The van der Waals surface area contributed by atoms with Crippen molar-refractivity contribution in [2.45, 2.75) is 32.9 Å². The number of amides is 2. The fraction of sp³-hybridized carbons (Fsp3) is 0.310. The molecular formula is C29H32BrCl2N3O4S. The fourth-order valence-corrected chi connectivity index (χ4v) is 5.61. The van der Waals surface area contributed by atoms with Crippen molar-refractivity contribution < 1.29 is 18.0 Å². The zero-order chi connectivity index (χ0) is 29.4. The maximum absolute atomic E-state index is 14.1. The first kappa shape index (κ1) is 31.9. The molecule has 3 aromatic rings. The molecule has 0 unspecified atom stereocenters. The van der Waals surface area contributed by atoms with E-state index in [1.807, 2.05) is 68.4 Å². The summed E-state index contributed by atoms with van der Waals surface area (Å²) in [6.45, 7) is 3.90. The van der Waals surface area contributed by atoms with Crippen molar-refractivity contribution >= 4 is 66.7 Å². The summed E-state index contributed by atoms with van der Waals surface area (Å²) >= 11 is 15.9. The number of sulfonamides is 1. The number of nitrogens with one attached hydrogen (secondary N) is 1. The van der Waals surface area contributed by atoms with Crippen molar-refractivity contribution in [1.82, 2.24) is 10.2 Å². The van der Waals surface area contributed by atoms with Gasteiger partial charge in [-0.3, -0.25) is 13.9 Å². The zero-order valence-corrected chi connectivity index (χ0v) is 26.4. The topological polar surface area (TPSA) is 86.8 Å². The molecule has 40 heavy (non-hydrogen) atoms. The Bertz CT molecular complexity index is 1420. The first-order valence-corrected chi connectivity index (χ1v) is 16.0. The summed E-state index contributed by atoms with van der Waals surface area (Å²) in [5.41, 5.74) is 1.72. The Morgan fingerprint density at radius 2 is 1.57 bits per heavy atom. The maximum atomic E-state index is 14.1. The van der Waals surface area contributed by atoms with Gasteiger partial charge in [-0.15, -0.1) is 0 Å². The monoisotopic (exact) mass is 667 g/mol. The molecule has 0 spiro atoms. The van der Waals surface area contributed by atoms with Crippen LogP contribution in [0.5, 0.6) is 0 Å². The molecular weight excluding hydrogens is 637 g/mol. The van der Waals surface area contributed by atoms with Crippen LogP contribution in [-0.4, -0.2) is 50.5 Å². The number of nitrogens with zero attached hydrogens (tertiary/aromatic N) is 2. The van der Waals surface area contributed by atoms with Crippen LogP contribution in [0.2, 0.25) is 10.0 Å². The lowest BCUT2D eigenvalue weighted by atomic mass is 10.0. The second-order valence-corrected chi connectivity index (χ2v) is 13.4. The zero-order valence-electron chi connectivity index (χ0n) is 22.5. The lowest BCUT2D eigenvalue weighted by molar-refractivity contribution is -0.140. The average molecular weight is 669 g/mol. The minimum atomic E-state index is -3.95. The van der Waals surface area contributed by atoms with E-state index in [1.165, 1.54) is 17.0 Å². The summed E-state index contributed by atoms with van der Waals surface area (Å²) in [5.74, 6) is -0.692. The molecule has 2 amide bonds. The molecule has 214 valence electrons. The summed E-state index contributed by atoms with van der Waals surface area (Å²) in [5, 5.41) is 3.12. The van der Waals surface area contributed by atoms with Gasteiger partial charge in [-0.1, -0.05) is 102 Å². The van der Waals surface area contributed by atoms with Gasteiger partial charge in [-0.05, 0) is 41.3 Å². The smallest absolute Gasteiger partial charge is 0.244 e. The molecule has 0 saturated carbocycles. The Kier molecular flexibility index (Phi) is 11.5. The predicted octanol–water partition coefficient (Wildman–Crippen LogP) is 5.93. The van der Waals surface area contributed by atoms with Crippen molar-refractivity contribution in [3.05, 3.63) is 98.4 Å². The van der Waals surface area contributed by atoms with Crippen LogP contribution < -0.4 is 9.62 Å². The van der Waals surface area contributed by atoms with Crippen LogP contribution in [0.3, 0.4) is 0 Å². The summed E-state index contributed by atoms with van der Waals surface area (Å²) in [6, 6.07) is 20.4. The largest absolute Gasteiger partial charge is 0.354 e. The molecule has 3 aromatic carbocycles. The number of anilines is 1. The van der Waals surface area contributed by atoms with E-state index in [0.29, 0.717) is 6.54 Å². The Morgan fingerprint density at radius 3 is 2.17 bits per heavy atom. The second kappa shape index (κ2) is 14.3. The van der Waals surface area contributed by atoms with E-state index in [9.17, 15) is 18.0 Å². The lowest BCUT2D eigenvalue weighted by Gasteiger charge is -2.34. The van der Waals surface area contributed by atoms with Gasteiger partial charge >= 0.3 is 0 Å². The minimum absolute atomic E-state index is 0.0114. The average Bonchev–Trinajstić information content (AvgIpc) is 2.90. The van der Waals surface area contributed by atoms with E-state index in [0.717, 1.165) is 26.2 Å².